The molecule has 8 atom stereocenters. The van der Waals surface area contributed by atoms with Gasteiger partial charge in [0.2, 0.25) is 0 Å². The Morgan fingerprint density at radius 3 is 0.861 bits per heavy atom. The number of aryl methyl sites for hydroxylation is 2. The van der Waals surface area contributed by atoms with Crippen molar-refractivity contribution in [3.63, 3.8) is 0 Å². The molecule has 4 saturated carbocycles. The van der Waals surface area contributed by atoms with Gasteiger partial charge in [-0.3, -0.25) is 0 Å². The standard InChI is InChI=1S/2C59H77NSi/c2*1-37-21-24-40(25-22-37)59(50-34-41(55(3,4)5)26-30-45(50)46-31-27-42(35-51(46)59)56(6,7)8)43-28-32-47-48-29-23-39-33-38(2)54(52(39)53(48)58(12,13)49(47)36-43)61(14,15)60(57(9,10)11)44-19-17-16-18-20-44/h2*21-32,34-36,38-39,44,52,54H,16-20,33H2,1-15H3. The maximum atomic E-state index is 3.17. The fourth-order valence-corrected chi connectivity index (χ4v) is 41.0. The first kappa shape index (κ1) is 87.2. The number of benzene rings is 8. The largest absolute Gasteiger partial charge is 0.316 e. The van der Waals surface area contributed by atoms with E-state index >= 15 is 0 Å². The van der Waals surface area contributed by atoms with Gasteiger partial charge in [0.15, 0.2) is 0 Å². The summed E-state index contributed by atoms with van der Waals surface area (Å²) in [5.41, 5.74) is 38.3. The molecule has 2 nitrogen and oxygen atoms in total. The van der Waals surface area contributed by atoms with Crippen LogP contribution >= 0.6 is 0 Å². The van der Waals surface area contributed by atoms with Crippen molar-refractivity contribution in [2.75, 3.05) is 0 Å². The molecular weight excluding hydrogens is 1500 g/mol. The molecular formula is C118H154N2Si2. The summed E-state index contributed by atoms with van der Waals surface area (Å²) in [6.45, 7) is 75.0. The lowest BCUT2D eigenvalue weighted by molar-refractivity contribution is 0.138. The lowest BCUT2D eigenvalue weighted by atomic mass is 9.65. The molecule has 4 fully saturated rings. The highest BCUT2D eigenvalue weighted by Crippen LogP contribution is 2.69. The average molecular weight is 1660 g/mol. The molecule has 0 heterocycles. The van der Waals surface area contributed by atoms with Crippen LogP contribution < -0.4 is 0 Å². The van der Waals surface area contributed by atoms with Gasteiger partial charge >= 0.3 is 0 Å². The highest BCUT2D eigenvalue weighted by atomic mass is 28.3. The monoisotopic (exact) mass is 1660 g/mol. The number of nitrogens with zero attached hydrogens (tertiary/aromatic N) is 2. The molecule has 4 heteroatoms. The average Bonchev–Trinajstić information content (AvgIpc) is 1.52. The summed E-state index contributed by atoms with van der Waals surface area (Å²) in [4.78, 5) is 0. The van der Waals surface area contributed by atoms with E-state index in [1.54, 1.807) is 22.3 Å². The predicted molar refractivity (Wildman–Crippen MR) is 531 cm³/mol. The molecule has 122 heavy (non-hydrogen) atoms. The van der Waals surface area contributed by atoms with Crippen molar-refractivity contribution < 1.29 is 0 Å². The third kappa shape index (κ3) is 13.8. The van der Waals surface area contributed by atoms with Gasteiger partial charge in [-0.2, -0.15) is 0 Å². The van der Waals surface area contributed by atoms with Crippen LogP contribution in [0.2, 0.25) is 37.3 Å². The van der Waals surface area contributed by atoms with E-state index in [0.717, 1.165) is 12.1 Å². The molecule has 0 aliphatic heterocycles. The lowest BCUT2D eigenvalue weighted by Crippen LogP contribution is -2.65. The smallest absolute Gasteiger partial charge is 0.127 e. The number of hydrogen-bond donors (Lipinski definition) is 0. The zero-order valence-corrected chi connectivity index (χ0v) is 83.5. The van der Waals surface area contributed by atoms with Crippen LogP contribution in [0.25, 0.3) is 33.4 Å². The molecule has 0 radical (unpaired) electrons. The van der Waals surface area contributed by atoms with Crippen LogP contribution in [0.5, 0.6) is 0 Å². The normalized spacial score (nSPS) is 24.5. The summed E-state index contributed by atoms with van der Waals surface area (Å²) >= 11 is 0. The molecule has 0 bridgehead atoms. The molecule has 8 unspecified atom stereocenters. The van der Waals surface area contributed by atoms with Crippen molar-refractivity contribution in [2.45, 2.75) is 361 Å². The zero-order chi connectivity index (χ0) is 87.6. The fourth-order valence-electron chi connectivity index (χ4n) is 28.9. The zero-order valence-electron chi connectivity index (χ0n) is 81.5. The molecule has 644 valence electrons. The van der Waals surface area contributed by atoms with Crippen molar-refractivity contribution in [1.82, 2.24) is 9.13 Å². The van der Waals surface area contributed by atoms with Crippen LogP contribution in [0.15, 0.2) is 193 Å². The van der Waals surface area contributed by atoms with Crippen molar-refractivity contribution in [1.29, 1.82) is 0 Å². The predicted octanol–water partition coefficient (Wildman–Crippen LogP) is 31.7. The third-order valence-electron chi connectivity index (χ3n) is 33.6. The Morgan fingerprint density at radius 1 is 0.320 bits per heavy atom. The van der Waals surface area contributed by atoms with Gasteiger partial charge in [0.25, 0.3) is 0 Å². The van der Waals surface area contributed by atoms with Crippen molar-refractivity contribution in [2.24, 2.45) is 35.5 Å². The second kappa shape index (κ2) is 29.8. The molecule has 0 N–H and O–H groups in total. The summed E-state index contributed by atoms with van der Waals surface area (Å²) in [7, 11) is -3.94. The van der Waals surface area contributed by atoms with Crippen LogP contribution in [0.4, 0.5) is 0 Å². The van der Waals surface area contributed by atoms with E-state index in [1.165, 1.54) is 199 Å². The maximum absolute atomic E-state index is 3.17. The Balaban J connectivity index is 0.000000173. The Hall–Kier alpha value is -6.93. The number of fused-ring (bicyclic) bond motifs is 14. The number of allylic oxidation sites excluding steroid dienone is 8. The van der Waals surface area contributed by atoms with E-state index in [1.807, 2.05) is 0 Å². The van der Waals surface area contributed by atoms with Crippen molar-refractivity contribution >= 4 is 27.6 Å². The third-order valence-corrected chi connectivity index (χ3v) is 43.2. The minimum atomic E-state index is -1.97. The maximum Gasteiger partial charge on any atom is 0.127 e. The highest BCUT2D eigenvalue weighted by molar-refractivity contribution is 6.77. The van der Waals surface area contributed by atoms with Crippen LogP contribution in [0.3, 0.4) is 0 Å². The molecule has 0 saturated heterocycles. The minimum Gasteiger partial charge on any atom is -0.316 e. The van der Waals surface area contributed by atoms with Gasteiger partial charge < -0.3 is 9.13 Å². The topological polar surface area (TPSA) is 6.48 Å². The summed E-state index contributed by atoms with van der Waals surface area (Å²) < 4.78 is 6.35. The van der Waals surface area contributed by atoms with E-state index < -0.39 is 27.3 Å². The fraction of sp³-hybridized carbons (Fsp3) is 0.525. The molecule has 18 rings (SSSR count). The van der Waals surface area contributed by atoms with Gasteiger partial charge in [0.05, 0.1) is 10.8 Å². The van der Waals surface area contributed by atoms with Crippen LogP contribution in [0.1, 0.15) is 343 Å². The lowest BCUT2D eigenvalue weighted by Gasteiger charge is -2.56. The van der Waals surface area contributed by atoms with E-state index in [-0.39, 0.29) is 43.6 Å². The summed E-state index contributed by atoms with van der Waals surface area (Å²) in [5, 5.41) is 0. The van der Waals surface area contributed by atoms with Crippen LogP contribution in [-0.2, 0) is 43.3 Å². The first-order chi connectivity index (χ1) is 57.0. The molecule has 10 aliphatic carbocycles. The highest BCUT2D eigenvalue weighted by Gasteiger charge is 2.62. The van der Waals surface area contributed by atoms with Gasteiger partial charge in [0.1, 0.15) is 16.5 Å². The summed E-state index contributed by atoms with van der Waals surface area (Å²) in [5.74, 6) is 3.82. The first-order valence-corrected chi connectivity index (χ1v) is 54.5. The molecule has 0 aromatic heterocycles. The molecule has 10 aliphatic rings. The van der Waals surface area contributed by atoms with Crippen LogP contribution in [-0.4, -0.2) is 48.8 Å². The van der Waals surface area contributed by atoms with Crippen molar-refractivity contribution in [3.05, 3.63) is 293 Å². The Bertz CT molecular complexity index is 5070. The van der Waals surface area contributed by atoms with E-state index in [4.69, 9.17) is 0 Å². The van der Waals surface area contributed by atoms with Gasteiger partial charge in [0, 0.05) is 34.0 Å². The van der Waals surface area contributed by atoms with Crippen molar-refractivity contribution in [3.8, 4) is 22.3 Å². The molecule has 8 aromatic rings. The van der Waals surface area contributed by atoms with Gasteiger partial charge in [-0.25, -0.2) is 0 Å². The van der Waals surface area contributed by atoms with Crippen LogP contribution in [0, 0.1) is 49.4 Å². The second-order valence-corrected chi connectivity index (χ2v) is 58.2. The quantitative estimate of drug-likeness (QED) is 0.126. The Labute approximate surface area is 743 Å². The van der Waals surface area contributed by atoms with Gasteiger partial charge in [-0.15, -0.1) is 0 Å². The molecule has 8 aromatic carbocycles. The molecule has 0 amide bonds. The number of hydrogen-bond acceptors (Lipinski definition) is 2. The number of rotatable bonds is 10. The summed E-state index contributed by atoms with van der Waals surface area (Å²) in [6, 6.07) is 66.0. The SMILES string of the molecule is Cc1ccc(C2(c3ccc4c(c3)C(C)(C)C3=C4C=CC4CC(C)C([Si](C)(C)N(C5CCCCC5)C(C)(C)C)C34)c3cc(C(C)(C)C)ccc3-c3ccc(C(C)(C)C)cc32)cc1.Cc1ccc(C2(c3ccc4c(c3)C(C)(C)C3=C4C=CC4CC(C)C([Si](C)(C)N(C5CCCCC5)C(C)(C)C)C34)c3cc(C(C)(C)C)ccc3-c3ccc(C(C)(C)C)cc32)cc1. The van der Waals surface area contributed by atoms with Gasteiger partial charge in [-0.05, 0) is 296 Å². The Kier molecular flexibility index (Phi) is 21.3. The van der Waals surface area contributed by atoms with Gasteiger partial charge in [-0.1, -0.05) is 382 Å². The van der Waals surface area contributed by atoms with E-state index in [9.17, 15) is 0 Å². The Morgan fingerprint density at radius 2 is 0.590 bits per heavy atom. The second-order valence-electron chi connectivity index (χ2n) is 49.2. The first-order valence-electron chi connectivity index (χ1n) is 48.5. The summed E-state index contributed by atoms with van der Waals surface area (Å²) in [6.07, 6.45) is 27.0. The minimum absolute atomic E-state index is 0.0246. The van der Waals surface area contributed by atoms with E-state index in [0.29, 0.717) is 46.6 Å². The van der Waals surface area contributed by atoms with E-state index in [2.05, 4.69) is 397 Å². The molecule has 0 spiro atoms.